The average Bonchev–Trinajstić information content (AvgIpc) is 3.12. The predicted octanol–water partition coefficient (Wildman–Crippen LogP) is 5.72. The summed E-state index contributed by atoms with van der Waals surface area (Å²) in [6.45, 7) is 0. The van der Waals surface area contributed by atoms with E-state index >= 15 is 0 Å². The highest BCUT2D eigenvalue weighted by atomic mass is 79.9. The minimum Gasteiger partial charge on any atom is -0.479 e. The molecule has 1 heterocycles. The Hall–Kier alpha value is -2.67. The number of halogens is 2. The highest BCUT2D eigenvalue weighted by Gasteiger charge is 2.15. The summed E-state index contributed by atoms with van der Waals surface area (Å²) in [6, 6.07) is 21.8. The number of aromatic nitrogens is 1. The van der Waals surface area contributed by atoms with Crippen molar-refractivity contribution >= 4 is 44.6 Å². The van der Waals surface area contributed by atoms with Crippen LogP contribution in [0.2, 0.25) is 5.02 Å². The van der Waals surface area contributed by atoms with Crippen molar-refractivity contribution < 1.29 is 19.4 Å². The molecule has 1 atom stereocenters. The van der Waals surface area contributed by atoms with E-state index in [0.29, 0.717) is 10.9 Å². The Balaban J connectivity index is 0.000000169. The molecular formula is C21H15BrClNO4. The molecular weight excluding hydrogens is 446 g/mol. The first-order valence-corrected chi connectivity index (χ1v) is 9.39. The number of aliphatic carboxylic acids is 1. The van der Waals surface area contributed by atoms with Gasteiger partial charge in [0.05, 0.1) is 0 Å². The van der Waals surface area contributed by atoms with Gasteiger partial charge in [-0.1, -0.05) is 57.9 Å². The maximum atomic E-state index is 10.3. The van der Waals surface area contributed by atoms with Crippen molar-refractivity contribution in [3.8, 4) is 11.5 Å². The summed E-state index contributed by atoms with van der Waals surface area (Å²) < 4.78 is 6.70. The summed E-state index contributed by atoms with van der Waals surface area (Å²) in [7, 11) is 0. The standard InChI is InChI=1S/C13H8BrNO.C8H7ClO3/c14-10-5-3-4-9(8-10)13-15-11-6-1-2-7-12(11)16-13;9-6-3-1-2-5(4-6)7(10)8(11)12/h1-8H;1-4,7,10H,(H,11,12). The van der Waals surface area contributed by atoms with Crippen LogP contribution in [-0.4, -0.2) is 21.2 Å². The van der Waals surface area contributed by atoms with E-state index in [0.717, 1.165) is 21.1 Å². The van der Waals surface area contributed by atoms with Crippen molar-refractivity contribution in [3.05, 3.63) is 87.9 Å². The maximum Gasteiger partial charge on any atom is 0.337 e. The quantitative estimate of drug-likeness (QED) is 0.409. The van der Waals surface area contributed by atoms with Crippen LogP contribution >= 0.6 is 27.5 Å². The minimum atomic E-state index is -1.50. The van der Waals surface area contributed by atoms with Gasteiger partial charge in [-0.25, -0.2) is 9.78 Å². The fourth-order valence-electron chi connectivity index (χ4n) is 2.44. The Morgan fingerprint density at radius 1 is 1.04 bits per heavy atom. The number of aliphatic hydroxyl groups is 1. The number of hydrogen-bond donors (Lipinski definition) is 2. The molecule has 0 aliphatic heterocycles. The van der Waals surface area contributed by atoms with E-state index in [1.807, 2.05) is 48.5 Å². The van der Waals surface area contributed by atoms with E-state index in [-0.39, 0.29) is 5.56 Å². The van der Waals surface area contributed by atoms with E-state index in [9.17, 15) is 4.79 Å². The molecule has 7 heteroatoms. The molecule has 0 saturated carbocycles. The second-order valence-corrected chi connectivity index (χ2v) is 7.14. The van der Waals surface area contributed by atoms with Gasteiger partial charge in [-0.2, -0.15) is 0 Å². The molecule has 142 valence electrons. The van der Waals surface area contributed by atoms with Gasteiger partial charge in [-0.3, -0.25) is 0 Å². The second-order valence-electron chi connectivity index (χ2n) is 5.79. The summed E-state index contributed by atoms with van der Waals surface area (Å²) in [5.41, 5.74) is 2.97. The molecule has 2 N–H and O–H groups in total. The van der Waals surface area contributed by atoms with E-state index in [1.165, 1.54) is 12.1 Å². The summed E-state index contributed by atoms with van der Waals surface area (Å²) in [5, 5.41) is 17.9. The summed E-state index contributed by atoms with van der Waals surface area (Å²) >= 11 is 9.02. The van der Waals surface area contributed by atoms with Crippen LogP contribution < -0.4 is 0 Å². The number of carbonyl (C=O) groups is 1. The molecule has 0 aliphatic carbocycles. The van der Waals surface area contributed by atoms with Crippen molar-refractivity contribution in [1.82, 2.24) is 4.98 Å². The monoisotopic (exact) mass is 459 g/mol. The summed E-state index contributed by atoms with van der Waals surface area (Å²) in [5.74, 6) is -0.625. The lowest BCUT2D eigenvalue weighted by atomic mass is 10.1. The van der Waals surface area contributed by atoms with Gasteiger partial charge in [0.2, 0.25) is 5.89 Å². The van der Waals surface area contributed by atoms with Crippen LogP contribution in [0.25, 0.3) is 22.6 Å². The molecule has 4 aromatic rings. The number of carboxylic acids is 1. The third-order valence-electron chi connectivity index (χ3n) is 3.76. The van der Waals surface area contributed by atoms with Gasteiger partial charge in [-0.05, 0) is 48.0 Å². The van der Waals surface area contributed by atoms with Crippen LogP contribution in [0.5, 0.6) is 0 Å². The highest BCUT2D eigenvalue weighted by molar-refractivity contribution is 9.10. The van der Waals surface area contributed by atoms with Gasteiger partial charge in [0.1, 0.15) is 5.52 Å². The van der Waals surface area contributed by atoms with Crippen LogP contribution in [0.1, 0.15) is 11.7 Å². The lowest BCUT2D eigenvalue weighted by Crippen LogP contribution is -2.09. The lowest BCUT2D eigenvalue weighted by molar-refractivity contribution is -0.146. The Labute approximate surface area is 174 Å². The number of nitrogens with zero attached hydrogens (tertiary/aromatic N) is 1. The molecule has 0 fully saturated rings. The van der Waals surface area contributed by atoms with Crippen LogP contribution in [0.15, 0.2) is 81.7 Å². The van der Waals surface area contributed by atoms with Gasteiger partial charge >= 0.3 is 5.97 Å². The number of carboxylic acid groups (broad SMARTS) is 1. The zero-order valence-corrected chi connectivity index (χ0v) is 16.8. The highest BCUT2D eigenvalue weighted by Crippen LogP contribution is 2.25. The van der Waals surface area contributed by atoms with Crippen molar-refractivity contribution in [1.29, 1.82) is 0 Å². The first-order valence-electron chi connectivity index (χ1n) is 8.22. The van der Waals surface area contributed by atoms with Crippen LogP contribution in [0, 0.1) is 0 Å². The van der Waals surface area contributed by atoms with Crippen LogP contribution in [0.3, 0.4) is 0 Å². The van der Waals surface area contributed by atoms with Gasteiger partial charge in [-0.15, -0.1) is 0 Å². The normalized spacial score (nSPS) is 11.5. The number of para-hydroxylation sites is 2. The molecule has 0 bridgehead atoms. The Morgan fingerprint density at radius 2 is 1.79 bits per heavy atom. The molecule has 4 rings (SSSR count). The summed E-state index contributed by atoms with van der Waals surface area (Å²) in [4.78, 5) is 14.8. The number of aliphatic hydroxyl groups excluding tert-OH is 1. The molecule has 0 saturated heterocycles. The van der Waals surface area contributed by atoms with Crippen molar-refractivity contribution in [2.45, 2.75) is 6.10 Å². The topological polar surface area (TPSA) is 83.6 Å². The smallest absolute Gasteiger partial charge is 0.337 e. The molecule has 1 unspecified atom stereocenters. The number of fused-ring (bicyclic) bond motifs is 1. The Bertz CT molecular complexity index is 1080. The third kappa shape index (κ3) is 4.98. The predicted molar refractivity (Wildman–Crippen MR) is 111 cm³/mol. The molecule has 28 heavy (non-hydrogen) atoms. The van der Waals surface area contributed by atoms with Crippen molar-refractivity contribution in [2.24, 2.45) is 0 Å². The maximum absolute atomic E-state index is 10.3. The molecule has 1 aromatic heterocycles. The van der Waals surface area contributed by atoms with Gasteiger partial charge in [0.15, 0.2) is 11.7 Å². The average molecular weight is 461 g/mol. The molecule has 0 aliphatic rings. The lowest BCUT2D eigenvalue weighted by Gasteiger charge is -2.04. The fourth-order valence-corrected chi connectivity index (χ4v) is 3.03. The Kier molecular flexibility index (Phi) is 6.46. The van der Waals surface area contributed by atoms with Gasteiger partial charge in [0, 0.05) is 15.1 Å². The minimum absolute atomic E-state index is 0.287. The molecule has 0 spiro atoms. The first kappa shape index (κ1) is 20.1. The molecule has 0 radical (unpaired) electrons. The van der Waals surface area contributed by atoms with Gasteiger partial charge < -0.3 is 14.6 Å². The number of oxazole rings is 1. The number of hydrogen-bond acceptors (Lipinski definition) is 4. The van der Waals surface area contributed by atoms with E-state index in [4.69, 9.17) is 26.2 Å². The molecule has 5 nitrogen and oxygen atoms in total. The van der Waals surface area contributed by atoms with Crippen molar-refractivity contribution in [3.63, 3.8) is 0 Å². The fraction of sp³-hybridized carbons (Fsp3) is 0.0476. The van der Waals surface area contributed by atoms with Gasteiger partial charge in [0.25, 0.3) is 0 Å². The first-order chi connectivity index (χ1) is 13.4. The van der Waals surface area contributed by atoms with Crippen molar-refractivity contribution in [2.75, 3.05) is 0 Å². The number of benzene rings is 3. The molecule has 0 amide bonds. The third-order valence-corrected chi connectivity index (χ3v) is 4.49. The molecule has 3 aromatic carbocycles. The zero-order chi connectivity index (χ0) is 20.1. The van der Waals surface area contributed by atoms with Crippen LogP contribution in [0.4, 0.5) is 0 Å². The largest absolute Gasteiger partial charge is 0.479 e. The number of rotatable bonds is 3. The van der Waals surface area contributed by atoms with E-state index in [2.05, 4.69) is 20.9 Å². The van der Waals surface area contributed by atoms with E-state index < -0.39 is 12.1 Å². The van der Waals surface area contributed by atoms with Crippen LogP contribution in [-0.2, 0) is 4.79 Å². The summed E-state index contributed by atoms with van der Waals surface area (Å²) in [6.07, 6.45) is -1.50. The second kappa shape index (κ2) is 9.01. The van der Waals surface area contributed by atoms with E-state index in [1.54, 1.807) is 12.1 Å². The zero-order valence-electron chi connectivity index (χ0n) is 14.4. The SMILES string of the molecule is Brc1cccc(-c2nc3ccccc3o2)c1.O=C(O)C(O)c1cccc(Cl)c1. The Morgan fingerprint density at radius 3 is 2.46 bits per heavy atom.